The molecular weight excluding hydrogens is 326 g/mol. The maximum atomic E-state index is 11.9. The molecule has 1 saturated heterocycles. The first kappa shape index (κ1) is 20.1. The van der Waals surface area contributed by atoms with Crippen molar-refractivity contribution >= 4 is 10.0 Å². The monoisotopic (exact) mass is 361 g/mol. The molecule has 6 nitrogen and oxygen atoms in total. The van der Waals surface area contributed by atoms with Crippen molar-refractivity contribution in [3.05, 3.63) is 0 Å². The molecule has 1 heterocycles. The highest BCUT2D eigenvalue weighted by Crippen LogP contribution is 2.24. The number of hydrogen-bond acceptors (Lipinski definition) is 5. The largest absolute Gasteiger partial charge is 0.379 e. The lowest BCUT2D eigenvalue weighted by molar-refractivity contribution is 0.0374. The molecular formula is C17H35N3O3S. The summed E-state index contributed by atoms with van der Waals surface area (Å²) in [5.41, 5.74) is 0. The first-order valence-corrected chi connectivity index (χ1v) is 11.0. The van der Waals surface area contributed by atoms with Gasteiger partial charge in [0.15, 0.2) is 0 Å². The van der Waals surface area contributed by atoms with Crippen molar-refractivity contribution in [1.82, 2.24) is 14.9 Å². The fourth-order valence-electron chi connectivity index (χ4n) is 3.41. The van der Waals surface area contributed by atoms with Gasteiger partial charge in [-0.3, -0.25) is 4.90 Å². The molecule has 2 fully saturated rings. The summed E-state index contributed by atoms with van der Waals surface area (Å²) in [6.45, 7) is 10.6. The SMILES string of the molecule is CC(C)S(=O)(=O)NC1CCC(CNCCCN2CCOCC2)CC1. The summed E-state index contributed by atoms with van der Waals surface area (Å²) in [7, 11) is -3.13. The zero-order valence-corrected chi connectivity index (χ0v) is 16.1. The Hall–Kier alpha value is -0.210. The van der Waals surface area contributed by atoms with Crippen LogP contribution in [-0.4, -0.2) is 70.5 Å². The Morgan fingerprint density at radius 3 is 2.42 bits per heavy atom. The molecule has 142 valence electrons. The summed E-state index contributed by atoms with van der Waals surface area (Å²) in [6, 6.07) is 0.134. The number of rotatable bonds is 9. The molecule has 0 aromatic rings. The highest BCUT2D eigenvalue weighted by Gasteiger charge is 2.26. The Balaban J connectivity index is 1.52. The molecule has 2 aliphatic rings. The van der Waals surface area contributed by atoms with E-state index >= 15 is 0 Å². The number of ether oxygens (including phenoxy) is 1. The summed E-state index contributed by atoms with van der Waals surface area (Å²) >= 11 is 0. The fourth-order valence-corrected chi connectivity index (χ4v) is 4.38. The Labute approximate surface area is 147 Å². The summed E-state index contributed by atoms with van der Waals surface area (Å²) in [4.78, 5) is 2.47. The summed E-state index contributed by atoms with van der Waals surface area (Å²) in [6.07, 6.45) is 5.34. The predicted molar refractivity (Wildman–Crippen MR) is 97.7 cm³/mol. The smallest absolute Gasteiger partial charge is 0.214 e. The summed E-state index contributed by atoms with van der Waals surface area (Å²) in [5.74, 6) is 0.688. The van der Waals surface area contributed by atoms with Crippen LogP contribution in [0.2, 0.25) is 0 Å². The van der Waals surface area contributed by atoms with Crippen LogP contribution >= 0.6 is 0 Å². The van der Waals surface area contributed by atoms with Gasteiger partial charge in [0, 0.05) is 19.1 Å². The first-order chi connectivity index (χ1) is 11.5. The van der Waals surface area contributed by atoms with E-state index in [1.807, 2.05) is 0 Å². The molecule has 0 radical (unpaired) electrons. The Bertz CT molecular complexity index is 442. The minimum atomic E-state index is -3.13. The van der Waals surface area contributed by atoms with Crippen molar-refractivity contribution < 1.29 is 13.2 Å². The van der Waals surface area contributed by atoms with E-state index in [1.54, 1.807) is 13.8 Å². The maximum absolute atomic E-state index is 11.9. The van der Waals surface area contributed by atoms with Gasteiger partial charge in [-0.25, -0.2) is 13.1 Å². The molecule has 1 saturated carbocycles. The van der Waals surface area contributed by atoms with Crippen LogP contribution in [0.3, 0.4) is 0 Å². The lowest BCUT2D eigenvalue weighted by Gasteiger charge is -2.30. The van der Waals surface area contributed by atoms with Crippen molar-refractivity contribution in [3.8, 4) is 0 Å². The van der Waals surface area contributed by atoms with E-state index in [9.17, 15) is 8.42 Å². The average Bonchev–Trinajstić information content (AvgIpc) is 2.56. The minimum absolute atomic E-state index is 0.134. The molecule has 0 aromatic heterocycles. The van der Waals surface area contributed by atoms with Crippen LogP contribution in [0.25, 0.3) is 0 Å². The lowest BCUT2D eigenvalue weighted by atomic mass is 9.86. The van der Waals surface area contributed by atoms with Gasteiger partial charge in [-0.1, -0.05) is 0 Å². The number of nitrogens with zero attached hydrogens (tertiary/aromatic N) is 1. The first-order valence-electron chi connectivity index (χ1n) is 9.49. The lowest BCUT2D eigenvalue weighted by Crippen LogP contribution is -2.42. The molecule has 0 bridgehead atoms. The quantitative estimate of drug-likeness (QED) is 0.604. The standard InChI is InChI=1S/C17H35N3O3S/c1-15(2)24(21,22)19-17-6-4-16(5-7-17)14-18-8-3-9-20-10-12-23-13-11-20/h15-19H,3-14H2,1-2H3. The Kier molecular flexibility index (Phi) is 8.43. The molecule has 7 heteroatoms. The second-order valence-electron chi connectivity index (χ2n) is 7.44. The van der Waals surface area contributed by atoms with E-state index in [0.29, 0.717) is 5.92 Å². The van der Waals surface area contributed by atoms with Gasteiger partial charge < -0.3 is 10.1 Å². The molecule has 0 atom stereocenters. The molecule has 1 aliphatic carbocycles. The zero-order valence-electron chi connectivity index (χ0n) is 15.3. The van der Waals surface area contributed by atoms with Crippen LogP contribution in [-0.2, 0) is 14.8 Å². The van der Waals surface area contributed by atoms with E-state index in [0.717, 1.165) is 71.6 Å². The van der Waals surface area contributed by atoms with E-state index in [4.69, 9.17) is 4.74 Å². The van der Waals surface area contributed by atoms with Crippen molar-refractivity contribution in [2.24, 2.45) is 5.92 Å². The van der Waals surface area contributed by atoms with Crippen molar-refractivity contribution in [2.45, 2.75) is 57.2 Å². The van der Waals surface area contributed by atoms with Crippen LogP contribution in [0.15, 0.2) is 0 Å². The number of sulfonamides is 1. The summed E-state index contributed by atoms with van der Waals surface area (Å²) in [5, 5.41) is 3.24. The third-order valence-corrected chi connectivity index (χ3v) is 7.07. The van der Waals surface area contributed by atoms with E-state index in [-0.39, 0.29) is 11.3 Å². The normalized spacial score (nSPS) is 26.8. The van der Waals surface area contributed by atoms with Crippen LogP contribution in [0.5, 0.6) is 0 Å². The number of hydrogen-bond donors (Lipinski definition) is 2. The molecule has 0 spiro atoms. The van der Waals surface area contributed by atoms with Gasteiger partial charge in [-0.05, 0) is 71.5 Å². The fraction of sp³-hybridized carbons (Fsp3) is 1.00. The molecule has 1 aliphatic heterocycles. The van der Waals surface area contributed by atoms with E-state index in [2.05, 4.69) is 14.9 Å². The molecule has 0 aromatic carbocycles. The molecule has 2 N–H and O–H groups in total. The Morgan fingerprint density at radius 2 is 1.79 bits per heavy atom. The van der Waals surface area contributed by atoms with Gasteiger partial charge in [0.05, 0.1) is 18.5 Å². The maximum Gasteiger partial charge on any atom is 0.214 e. The second-order valence-corrected chi connectivity index (χ2v) is 9.71. The van der Waals surface area contributed by atoms with Gasteiger partial charge in [-0.2, -0.15) is 0 Å². The predicted octanol–water partition coefficient (Wildman–Crippen LogP) is 1.18. The topological polar surface area (TPSA) is 70.7 Å². The minimum Gasteiger partial charge on any atom is -0.379 e. The van der Waals surface area contributed by atoms with Crippen LogP contribution in [0, 0.1) is 5.92 Å². The van der Waals surface area contributed by atoms with Crippen molar-refractivity contribution in [1.29, 1.82) is 0 Å². The average molecular weight is 362 g/mol. The highest BCUT2D eigenvalue weighted by molar-refractivity contribution is 7.90. The molecule has 0 unspecified atom stereocenters. The van der Waals surface area contributed by atoms with E-state index < -0.39 is 10.0 Å². The zero-order chi connectivity index (χ0) is 17.4. The van der Waals surface area contributed by atoms with Gasteiger partial charge in [0.25, 0.3) is 0 Å². The van der Waals surface area contributed by atoms with Gasteiger partial charge in [-0.15, -0.1) is 0 Å². The Morgan fingerprint density at radius 1 is 1.12 bits per heavy atom. The summed E-state index contributed by atoms with van der Waals surface area (Å²) < 4.78 is 32.1. The van der Waals surface area contributed by atoms with Gasteiger partial charge in [0.2, 0.25) is 10.0 Å². The van der Waals surface area contributed by atoms with Crippen LogP contribution < -0.4 is 10.0 Å². The van der Waals surface area contributed by atoms with Crippen LogP contribution in [0.1, 0.15) is 46.0 Å². The second kappa shape index (κ2) is 10.1. The van der Waals surface area contributed by atoms with Gasteiger partial charge in [0.1, 0.15) is 0 Å². The molecule has 0 amide bonds. The number of nitrogens with one attached hydrogen (secondary N) is 2. The molecule has 24 heavy (non-hydrogen) atoms. The molecule has 2 rings (SSSR count). The highest BCUT2D eigenvalue weighted by atomic mass is 32.2. The van der Waals surface area contributed by atoms with Crippen molar-refractivity contribution in [2.75, 3.05) is 45.9 Å². The number of morpholine rings is 1. The van der Waals surface area contributed by atoms with E-state index in [1.165, 1.54) is 6.42 Å². The van der Waals surface area contributed by atoms with Gasteiger partial charge >= 0.3 is 0 Å². The van der Waals surface area contributed by atoms with Crippen LogP contribution in [0.4, 0.5) is 0 Å². The third kappa shape index (κ3) is 6.96. The van der Waals surface area contributed by atoms with Crippen molar-refractivity contribution in [3.63, 3.8) is 0 Å². The third-order valence-electron chi connectivity index (χ3n) is 5.16.